The Balaban J connectivity index is 0. The molecule has 0 bridgehead atoms. The molecule has 0 aromatic carbocycles. The third-order valence-corrected chi connectivity index (χ3v) is 1.33. The van der Waals surface area contributed by atoms with Crippen LogP contribution in [0, 0.1) is 0 Å². The molecule has 0 rings (SSSR count). The third kappa shape index (κ3) is 17.4. The van der Waals surface area contributed by atoms with Gasteiger partial charge in [-0.15, -0.1) is 0 Å². The molecular weight excluding hydrogens is 186 g/mol. The summed E-state index contributed by atoms with van der Waals surface area (Å²) in [6, 6.07) is 0. The summed E-state index contributed by atoms with van der Waals surface area (Å²) in [7, 11) is 6.36. The second kappa shape index (κ2) is 7.73. The number of nitrogens with zero attached hydrogens (tertiary/aromatic N) is 1. The molecule has 14 heavy (non-hydrogen) atoms. The predicted octanol–water partition coefficient (Wildman–Crippen LogP) is -1.81. The van der Waals surface area contributed by atoms with Crippen LogP contribution >= 0.6 is 0 Å². The van der Waals surface area contributed by atoms with Gasteiger partial charge in [-0.25, -0.2) is 0 Å². The Morgan fingerprint density at radius 3 is 1.86 bits per heavy atom. The van der Waals surface area contributed by atoms with E-state index in [9.17, 15) is 9.90 Å². The Kier molecular flexibility index (Phi) is 8.72. The molecule has 1 unspecified atom stereocenters. The van der Waals surface area contributed by atoms with Crippen molar-refractivity contribution in [3.05, 3.63) is 0 Å². The van der Waals surface area contributed by atoms with Gasteiger partial charge >= 0.3 is 0 Å². The van der Waals surface area contributed by atoms with Crippen molar-refractivity contribution in [2.24, 2.45) is 0 Å². The zero-order chi connectivity index (χ0) is 11.8. The number of rotatable bonds is 4. The Morgan fingerprint density at radius 1 is 1.43 bits per heavy atom. The van der Waals surface area contributed by atoms with Gasteiger partial charge in [0.05, 0.1) is 39.8 Å². The van der Waals surface area contributed by atoms with E-state index in [2.05, 4.69) is 21.1 Å². The van der Waals surface area contributed by atoms with Crippen LogP contribution in [0.25, 0.3) is 0 Å². The van der Waals surface area contributed by atoms with Crippen molar-refractivity contribution in [3.63, 3.8) is 0 Å². The topological polar surface area (TPSA) is 80.6 Å². The summed E-state index contributed by atoms with van der Waals surface area (Å²) in [5.41, 5.74) is 0. The third-order valence-electron chi connectivity index (χ3n) is 1.33. The molecule has 2 N–H and O–H groups in total. The molecule has 0 aliphatic rings. The molecule has 0 aliphatic carbocycles. The smallest absolute Gasteiger partial charge is 0.0905 e. The van der Waals surface area contributed by atoms with Crippen molar-refractivity contribution in [2.45, 2.75) is 19.4 Å². The number of aliphatic hydroxyl groups excluding tert-OH is 2. The van der Waals surface area contributed by atoms with Crippen molar-refractivity contribution < 1.29 is 24.6 Å². The van der Waals surface area contributed by atoms with Crippen molar-refractivity contribution in [1.29, 1.82) is 0 Å². The molecule has 0 aromatic heterocycles. The van der Waals surface area contributed by atoms with Crippen LogP contribution in [0.2, 0.25) is 0 Å². The molecule has 0 amide bonds. The van der Waals surface area contributed by atoms with Crippen molar-refractivity contribution in [2.75, 3.05) is 34.3 Å². The minimum Gasteiger partial charge on any atom is -0.547 e. The number of carbonyl (C=O) groups excluding carboxylic acids is 1. The highest BCUT2D eigenvalue weighted by atomic mass is 16.4. The van der Waals surface area contributed by atoms with E-state index < -0.39 is 12.1 Å². The summed E-state index contributed by atoms with van der Waals surface area (Å²) in [4.78, 5) is 9.34. The number of carboxylic acid groups (broad SMARTS) is 1. The molecule has 0 spiro atoms. The van der Waals surface area contributed by atoms with E-state index in [0.29, 0.717) is 6.61 Å². The second-order valence-electron chi connectivity index (χ2n) is 4.09. The fourth-order valence-corrected chi connectivity index (χ4v) is 0.545. The first-order valence-electron chi connectivity index (χ1n) is 4.51. The van der Waals surface area contributed by atoms with E-state index in [1.54, 1.807) is 0 Å². The Labute approximate surface area is 85.2 Å². The van der Waals surface area contributed by atoms with Gasteiger partial charge in [0.25, 0.3) is 0 Å². The molecule has 0 aliphatic heterocycles. The van der Waals surface area contributed by atoms with Crippen molar-refractivity contribution in [1.82, 2.24) is 0 Å². The first kappa shape index (κ1) is 15.8. The highest BCUT2D eigenvalue weighted by Gasteiger charge is 2.03. The number of carbonyl (C=O) groups is 1. The van der Waals surface area contributed by atoms with Crippen LogP contribution in [0.1, 0.15) is 13.3 Å². The van der Waals surface area contributed by atoms with E-state index >= 15 is 0 Å². The van der Waals surface area contributed by atoms with Crippen LogP contribution in [0.3, 0.4) is 0 Å². The molecule has 5 heteroatoms. The first-order valence-corrected chi connectivity index (χ1v) is 4.51. The molecule has 0 saturated heterocycles. The lowest BCUT2D eigenvalue weighted by Crippen LogP contribution is -2.35. The summed E-state index contributed by atoms with van der Waals surface area (Å²) < 4.78 is 0.945. The molecule has 0 fully saturated rings. The minimum atomic E-state index is -1.44. The van der Waals surface area contributed by atoms with Crippen LogP contribution in [0.15, 0.2) is 0 Å². The zero-order valence-corrected chi connectivity index (χ0v) is 9.36. The van der Waals surface area contributed by atoms with E-state index in [1.165, 1.54) is 0 Å². The van der Waals surface area contributed by atoms with E-state index in [1.807, 2.05) is 0 Å². The number of carboxylic acids is 1. The van der Waals surface area contributed by atoms with Crippen LogP contribution in [0.4, 0.5) is 0 Å². The van der Waals surface area contributed by atoms with E-state index in [4.69, 9.17) is 10.2 Å². The average Bonchev–Trinajstić information content (AvgIpc) is 2.00. The zero-order valence-electron chi connectivity index (χ0n) is 9.36. The number of hydrogen-bond donors (Lipinski definition) is 2. The molecular formula is C9H21NO4. The van der Waals surface area contributed by atoms with Gasteiger partial charge in [-0.1, -0.05) is 0 Å². The molecule has 0 radical (unpaired) electrons. The van der Waals surface area contributed by atoms with Gasteiger partial charge in [0.2, 0.25) is 0 Å². The van der Waals surface area contributed by atoms with Gasteiger partial charge in [-0.05, 0) is 6.92 Å². The molecule has 1 atom stereocenters. The minimum absolute atomic E-state index is 0.315. The highest BCUT2D eigenvalue weighted by Crippen LogP contribution is 1.90. The van der Waals surface area contributed by atoms with Crippen LogP contribution in [-0.4, -0.2) is 61.1 Å². The maximum absolute atomic E-state index is 9.34. The molecule has 0 aromatic rings. The Hall–Kier alpha value is -0.650. The average molecular weight is 207 g/mol. The molecule has 5 nitrogen and oxygen atoms in total. The number of hydrogen-bond acceptors (Lipinski definition) is 4. The fourth-order valence-electron chi connectivity index (χ4n) is 0.545. The second-order valence-corrected chi connectivity index (χ2v) is 4.09. The molecule has 0 saturated carbocycles. The summed E-state index contributed by atoms with van der Waals surface area (Å²) >= 11 is 0. The van der Waals surface area contributed by atoms with E-state index in [0.717, 1.165) is 24.4 Å². The quantitative estimate of drug-likeness (QED) is 0.533. The normalized spacial score (nSPS) is 12.7. The fraction of sp³-hybridized carbons (Fsp3) is 0.889. The van der Waals surface area contributed by atoms with Crippen molar-refractivity contribution >= 4 is 5.97 Å². The number of aliphatic carboxylic acids is 1. The van der Waals surface area contributed by atoms with Gasteiger partial charge in [-0.3, -0.25) is 0 Å². The predicted molar refractivity (Wildman–Crippen MR) is 51.3 cm³/mol. The summed E-state index contributed by atoms with van der Waals surface area (Å²) in [6.45, 7) is 2.50. The van der Waals surface area contributed by atoms with Crippen molar-refractivity contribution in [3.8, 4) is 0 Å². The Morgan fingerprint density at radius 2 is 1.79 bits per heavy atom. The number of quaternary nitrogens is 1. The summed E-state index contributed by atoms with van der Waals surface area (Å²) in [6.07, 6.45) is -0.436. The lowest BCUT2D eigenvalue weighted by atomic mass is 10.4. The van der Waals surface area contributed by atoms with Gasteiger partial charge in [0, 0.05) is 13.0 Å². The van der Waals surface area contributed by atoms with Gasteiger partial charge in [0.1, 0.15) is 0 Å². The number of aliphatic hydroxyl groups is 2. The Bertz CT molecular complexity index is 151. The van der Waals surface area contributed by atoms with Gasteiger partial charge in [0.15, 0.2) is 0 Å². The first-order chi connectivity index (χ1) is 6.20. The van der Waals surface area contributed by atoms with Crippen LogP contribution in [-0.2, 0) is 4.79 Å². The maximum Gasteiger partial charge on any atom is 0.0905 e. The summed E-state index contributed by atoms with van der Waals surface area (Å²) in [5, 5.41) is 25.7. The lowest BCUT2D eigenvalue weighted by molar-refractivity contribution is -0.870. The SMILES string of the molecule is CC(O)C(=O)[O-].C[N+](C)(C)CCCO. The van der Waals surface area contributed by atoms with Gasteiger partial charge < -0.3 is 24.6 Å². The molecule has 86 valence electrons. The monoisotopic (exact) mass is 207 g/mol. The van der Waals surface area contributed by atoms with Gasteiger partial charge in [-0.2, -0.15) is 0 Å². The summed E-state index contributed by atoms with van der Waals surface area (Å²) in [5.74, 6) is -1.44. The maximum atomic E-state index is 9.34. The standard InChI is InChI=1S/C6H16NO.C3H6O3/c1-7(2,3)5-4-6-8;1-2(4)3(5)6/h8H,4-6H2,1-3H3;2,4H,1H3,(H,5,6)/q+1;/p-1. The van der Waals surface area contributed by atoms with Crippen LogP contribution in [0.5, 0.6) is 0 Å². The lowest BCUT2D eigenvalue weighted by Gasteiger charge is -2.22. The molecule has 0 heterocycles. The van der Waals surface area contributed by atoms with Crippen LogP contribution < -0.4 is 5.11 Å². The van der Waals surface area contributed by atoms with E-state index in [-0.39, 0.29) is 0 Å². The largest absolute Gasteiger partial charge is 0.547 e. The highest BCUT2D eigenvalue weighted by molar-refractivity contribution is 5.68.